The Hall–Kier alpha value is -0.930. The van der Waals surface area contributed by atoms with Crippen LogP contribution in [0, 0.1) is 0 Å². The number of carbonyl (C=O) groups is 1. The first-order valence-electron chi connectivity index (χ1n) is 4.60. The van der Waals surface area contributed by atoms with E-state index in [4.69, 9.17) is 32.7 Å². The van der Waals surface area contributed by atoms with Crippen LogP contribution in [0.2, 0.25) is 0 Å². The van der Waals surface area contributed by atoms with E-state index < -0.39 is 5.38 Å². The van der Waals surface area contributed by atoms with E-state index in [0.717, 1.165) is 0 Å². The minimum Gasteiger partial charge on any atom is -0.497 e. The number of Topliss-reactive ketones (excluding diaryl/α,β-unsaturated/α-hetero) is 1. The van der Waals surface area contributed by atoms with E-state index in [9.17, 15) is 4.79 Å². The summed E-state index contributed by atoms with van der Waals surface area (Å²) in [6.45, 7) is 0. The van der Waals surface area contributed by atoms with Gasteiger partial charge in [0, 0.05) is 11.9 Å². The molecule has 5 heteroatoms. The maximum atomic E-state index is 11.8. The van der Waals surface area contributed by atoms with E-state index >= 15 is 0 Å². The van der Waals surface area contributed by atoms with Gasteiger partial charge in [0.1, 0.15) is 16.9 Å². The molecule has 0 bridgehead atoms. The molecule has 0 amide bonds. The Balaban J connectivity index is 3.08. The van der Waals surface area contributed by atoms with Crippen molar-refractivity contribution in [1.82, 2.24) is 0 Å². The van der Waals surface area contributed by atoms with Gasteiger partial charge in [0.05, 0.1) is 19.8 Å². The lowest BCUT2D eigenvalue weighted by molar-refractivity contribution is 0.0990. The lowest BCUT2D eigenvalue weighted by Crippen LogP contribution is -2.17. The third kappa shape index (κ3) is 2.80. The predicted octanol–water partition coefficient (Wildman–Crippen LogP) is 2.73. The van der Waals surface area contributed by atoms with Crippen LogP contribution in [0.1, 0.15) is 10.4 Å². The summed E-state index contributed by atoms with van der Waals surface area (Å²) in [4.78, 5) is 11.8. The molecule has 0 radical (unpaired) electrons. The number of benzene rings is 1. The van der Waals surface area contributed by atoms with Crippen molar-refractivity contribution >= 4 is 29.0 Å². The third-order valence-corrected chi connectivity index (χ3v) is 2.91. The summed E-state index contributed by atoms with van der Waals surface area (Å²) in [7, 11) is 3.02. The number of ketones is 1. The Kier molecular flexibility index (Phi) is 4.90. The smallest absolute Gasteiger partial charge is 0.185 e. The molecule has 0 N–H and O–H groups in total. The summed E-state index contributed by atoms with van der Waals surface area (Å²) in [5.74, 6) is 0.858. The predicted molar refractivity (Wildman–Crippen MR) is 64.2 cm³/mol. The van der Waals surface area contributed by atoms with E-state index in [0.29, 0.717) is 17.1 Å². The Morgan fingerprint density at radius 3 is 2.56 bits per heavy atom. The largest absolute Gasteiger partial charge is 0.497 e. The molecule has 0 spiro atoms. The Labute approximate surface area is 104 Å². The topological polar surface area (TPSA) is 35.5 Å². The van der Waals surface area contributed by atoms with Gasteiger partial charge in [-0.2, -0.15) is 0 Å². The van der Waals surface area contributed by atoms with Crippen LogP contribution in [-0.2, 0) is 0 Å². The van der Waals surface area contributed by atoms with E-state index in [1.165, 1.54) is 7.11 Å². The number of ether oxygens (including phenoxy) is 2. The molecular weight excluding hydrogens is 251 g/mol. The van der Waals surface area contributed by atoms with Gasteiger partial charge in [-0.15, -0.1) is 23.2 Å². The molecule has 0 aromatic heterocycles. The van der Waals surface area contributed by atoms with Crippen LogP contribution in [0.3, 0.4) is 0 Å². The highest BCUT2D eigenvalue weighted by molar-refractivity contribution is 6.38. The minimum absolute atomic E-state index is 0.0651. The molecule has 1 aromatic rings. The molecule has 16 heavy (non-hydrogen) atoms. The standard InChI is InChI=1S/C11H12Cl2O3/c1-15-7-3-4-8(10(5-7)16-2)11(14)9(13)6-12/h3-5,9H,6H2,1-2H3. The van der Waals surface area contributed by atoms with Gasteiger partial charge in [-0.25, -0.2) is 0 Å². The average molecular weight is 263 g/mol. The normalized spacial score (nSPS) is 12.0. The summed E-state index contributed by atoms with van der Waals surface area (Å²) in [6, 6.07) is 4.92. The van der Waals surface area contributed by atoms with Gasteiger partial charge < -0.3 is 9.47 Å². The highest BCUT2D eigenvalue weighted by atomic mass is 35.5. The molecule has 1 atom stereocenters. The average Bonchev–Trinajstić information content (AvgIpc) is 2.35. The Morgan fingerprint density at radius 1 is 1.38 bits per heavy atom. The van der Waals surface area contributed by atoms with Gasteiger partial charge in [-0.1, -0.05) is 0 Å². The van der Waals surface area contributed by atoms with Gasteiger partial charge in [-0.05, 0) is 12.1 Å². The molecule has 0 saturated heterocycles. The van der Waals surface area contributed by atoms with Gasteiger partial charge in [0.15, 0.2) is 5.78 Å². The van der Waals surface area contributed by atoms with Gasteiger partial charge in [0.25, 0.3) is 0 Å². The number of carbonyl (C=O) groups excluding carboxylic acids is 1. The van der Waals surface area contributed by atoms with Crippen molar-refractivity contribution in [2.75, 3.05) is 20.1 Å². The number of rotatable bonds is 5. The summed E-state index contributed by atoms with van der Waals surface area (Å²) >= 11 is 11.3. The van der Waals surface area contributed by atoms with Crippen LogP contribution in [0.25, 0.3) is 0 Å². The summed E-state index contributed by atoms with van der Waals surface area (Å²) < 4.78 is 10.1. The summed E-state index contributed by atoms with van der Waals surface area (Å²) in [5.41, 5.74) is 0.406. The van der Waals surface area contributed by atoms with Crippen molar-refractivity contribution in [3.05, 3.63) is 23.8 Å². The molecule has 0 aliphatic rings. The zero-order valence-electron chi connectivity index (χ0n) is 9.00. The van der Waals surface area contributed by atoms with Crippen molar-refractivity contribution in [2.45, 2.75) is 5.38 Å². The SMILES string of the molecule is COc1ccc(C(=O)C(Cl)CCl)c(OC)c1. The maximum absolute atomic E-state index is 11.8. The Bertz CT molecular complexity index is 379. The van der Waals surface area contributed by atoms with Crippen LogP contribution in [0.5, 0.6) is 11.5 Å². The number of methoxy groups -OCH3 is 2. The highest BCUT2D eigenvalue weighted by Crippen LogP contribution is 2.26. The second kappa shape index (κ2) is 5.97. The summed E-state index contributed by atoms with van der Waals surface area (Å²) in [6.07, 6.45) is 0. The van der Waals surface area contributed by atoms with E-state index in [1.54, 1.807) is 25.3 Å². The van der Waals surface area contributed by atoms with Gasteiger partial charge in [0.2, 0.25) is 0 Å². The van der Waals surface area contributed by atoms with E-state index in [-0.39, 0.29) is 11.7 Å². The molecule has 0 saturated carbocycles. The first-order valence-corrected chi connectivity index (χ1v) is 5.57. The second-order valence-electron chi connectivity index (χ2n) is 3.05. The zero-order valence-corrected chi connectivity index (χ0v) is 10.5. The van der Waals surface area contributed by atoms with Crippen LogP contribution >= 0.6 is 23.2 Å². The van der Waals surface area contributed by atoms with E-state index in [1.807, 2.05) is 0 Å². The van der Waals surface area contributed by atoms with Crippen molar-refractivity contribution in [2.24, 2.45) is 0 Å². The van der Waals surface area contributed by atoms with Crippen LogP contribution < -0.4 is 9.47 Å². The third-order valence-electron chi connectivity index (χ3n) is 2.09. The fourth-order valence-electron chi connectivity index (χ4n) is 1.24. The fourth-order valence-corrected chi connectivity index (χ4v) is 1.50. The second-order valence-corrected chi connectivity index (χ2v) is 3.89. The first-order chi connectivity index (χ1) is 7.63. The van der Waals surface area contributed by atoms with Crippen molar-refractivity contribution in [3.63, 3.8) is 0 Å². The van der Waals surface area contributed by atoms with Crippen LogP contribution in [0.4, 0.5) is 0 Å². The lowest BCUT2D eigenvalue weighted by atomic mass is 10.1. The molecule has 3 nitrogen and oxygen atoms in total. The first kappa shape index (κ1) is 13.1. The van der Waals surface area contributed by atoms with Crippen molar-refractivity contribution in [3.8, 4) is 11.5 Å². The Morgan fingerprint density at radius 2 is 2.06 bits per heavy atom. The monoisotopic (exact) mass is 262 g/mol. The molecule has 1 unspecified atom stereocenters. The number of hydrogen-bond donors (Lipinski definition) is 0. The molecule has 0 aliphatic carbocycles. The molecular formula is C11H12Cl2O3. The van der Waals surface area contributed by atoms with Crippen LogP contribution in [-0.4, -0.2) is 31.3 Å². The van der Waals surface area contributed by atoms with Crippen LogP contribution in [0.15, 0.2) is 18.2 Å². The van der Waals surface area contributed by atoms with Gasteiger partial charge in [-0.3, -0.25) is 4.79 Å². The number of halogens is 2. The quantitative estimate of drug-likeness (QED) is 0.605. The number of alkyl halides is 2. The molecule has 1 aromatic carbocycles. The van der Waals surface area contributed by atoms with E-state index in [2.05, 4.69) is 0 Å². The fraction of sp³-hybridized carbons (Fsp3) is 0.364. The molecule has 1 rings (SSSR count). The highest BCUT2D eigenvalue weighted by Gasteiger charge is 2.20. The lowest BCUT2D eigenvalue weighted by Gasteiger charge is -2.11. The van der Waals surface area contributed by atoms with Gasteiger partial charge >= 0.3 is 0 Å². The zero-order chi connectivity index (χ0) is 12.1. The number of hydrogen-bond acceptors (Lipinski definition) is 3. The maximum Gasteiger partial charge on any atom is 0.185 e. The molecule has 0 aliphatic heterocycles. The molecule has 0 fully saturated rings. The summed E-state index contributed by atoms with van der Waals surface area (Å²) in [5, 5.41) is -0.746. The van der Waals surface area contributed by atoms with Crippen molar-refractivity contribution in [1.29, 1.82) is 0 Å². The molecule has 88 valence electrons. The van der Waals surface area contributed by atoms with Crippen molar-refractivity contribution < 1.29 is 14.3 Å². The molecule has 0 heterocycles. The minimum atomic E-state index is -0.746.